The number of hydrogen-bond donors (Lipinski definition) is 2. The lowest BCUT2D eigenvalue weighted by Gasteiger charge is -2.11. The van der Waals surface area contributed by atoms with Crippen LogP contribution in [0.25, 0.3) is 0 Å². The summed E-state index contributed by atoms with van der Waals surface area (Å²) in [6.07, 6.45) is -1.05. The van der Waals surface area contributed by atoms with E-state index >= 15 is 0 Å². The first kappa shape index (κ1) is 13.6. The van der Waals surface area contributed by atoms with Crippen molar-refractivity contribution in [2.45, 2.75) is 19.9 Å². The van der Waals surface area contributed by atoms with Gasteiger partial charge in [-0.3, -0.25) is 4.79 Å². The normalized spacial score (nSPS) is 12.8. The van der Waals surface area contributed by atoms with E-state index in [1.165, 1.54) is 16.8 Å². The number of carbonyl (C=O) groups excluding carboxylic acids is 1. The third-order valence-electron chi connectivity index (χ3n) is 2.32. The lowest BCUT2D eigenvalue weighted by molar-refractivity contribution is 0.0920. The minimum Gasteiger partial charge on any atom is -0.396 e. The molecule has 0 aliphatic rings. The van der Waals surface area contributed by atoms with Crippen molar-refractivity contribution in [1.82, 2.24) is 9.88 Å². The van der Waals surface area contributed by atoms with E-state index in [-0.39, 0.29) is 18.2 Å². The van der Waals surface area contributed by atoms with Gasteiger partial charge in [-0.2, -0.15) is 0 Å². The molecule has 1 aromatic rings. The quantitative estimate of drug-likeness (QED) is 0.790. The second kappa shape index (κ2) is 6.34. The molecule has 0 aliphatic carbocycles. The van der Waals surface area contributed by atoms with Crippen LogP contribution in [0.5, 0.6) is 0 Å². The molecular weight excluding hydrogens is 230 g/mol. The van der Waals surface area contributed by atoms with Gasteiger partial charge in [0.15, 0.2) is 0 Å². The van der Waals surface area contributed by atoms with Crippen molar-refractivity contribution in [2.24, 2.45) is 5.92 Å². The molecule has 0 spiro atoms. The van der Waals surface area contributed by atoms with Gasteiger partial charge in [0.05, 0.1) is 6.54 Å². The Kier molecular flexibility index (Phi) is 5.09. The van der Waals surface area contributed by atoms with Crippen LogP contribution >= 0.6 is 0 Å². The molecule has 4 nitrogen and oxygen atoms in total. The molecule has 6 heteroatoms. The van der Waals surface area contributed by atoms with Crippen molar-refractivity contribution >= 4 is 5.91 Å². The Morgan fingerprint density at radius 3 is 2.88 bits per heavy atom. The zero-order valence-corrected chi connectivity index (χ0v) is 9.57. The van der Waals surface area contributed by atoms with Crippen molar-refractivity contribution in [3.8, 4) is 0 Å². The number of aromatic nitrogens is 1. The van der Waals surface area contributed by atoms with E-state index in [0.29, 0.717) is 6.54 Å². The molecule has 1 amide bonds. The predicted molar refractivity (Wildman–Crippen MR) is 59.0 cm³/mol. The summed E-state index contributed by atoms with van der Waals surface area (Å²) in [5.41, 5.74) is 0.204. The fourth-order valence-corrected chi connectivity index (χ4v) is 1.35. The average Bonchev–Trinajstić information content (AvgIpc) is 2.72. The molecular formula is C11H16F2N2O2. The Hall–Kier alpha value is -1.43. The van der Waals surface area contributed by atoms with Gasteiger partial charge in [-0.25, -0.2) is 8.78 Å². The number of aliphatic hydroxyl groups is 1. The number of rotatable bonds is 6. The van der Waals surface area contributed by atoms with Gasteiger partial charge in [0, 0.05) is 19.3 Å². The summed E-state index contributed by atoms with van der Waals surface area (Å²) >= 11 is 0. The van der Waals surface area contributed by atoms with Crippen LogP contribution in [0.1, 0.15) is 17.4 Å². The van der Waals surface area contributed by atoms with Crippen molar-refractivity contribution in [2.75, 3.05) is 13.2 Å². The van der Waals surface area contributed by atoms with Crippen molar-refractivity contribution < 1.29 is 18.7 Å². The summed E-state index contributed by atoms with van der Waals surface area (Å²) in [5, 5.41) is 11.4. The number of halogens is 2. The monoisotopic (exact) mass is 246 g/mol. The summed E-state index contributed by atoms with van der Waals surface area (Å²) in [7, 11) is 0. The minimum atomic E-state index is -2.50. The maximum atomic E-state index is 12.2. The Balaban J connectivity index is 2.59. The number of hydrogen-bond acceptors (Lipinski definition) is 2. The number of amides is 1. The van der Waals surface area contributed by atoms with Crippen molar-refractivity contribution in [1.29, 1.82) is 0 Å². The van der Waals surface area contributed by atoms with E-state index < -0.39 is 18.9 Å². The summed E-state index contributed by atoms with van der Waals surface area (Å²) in [5.74, 6) is -0.464. The first-order valence-electron chi connectivity index (χ1n) is 5.37. The van der Waals surface area contributed by atoms with E-state index in [0.717, 1.165) is 0 Å². The molecule has 0 saturated carbocycles. The smallest absolute Gasteiger partial charge is 0.267 e. The molecule has 0 aliphatic heterocycles. The Morgan fingerprint density at radius 2 is 2.29 bits per heavy atom. The summed E-state index contributed by atoms with van der Waals surface area (Å²) in [6, 6.07) is 3.04. The molecule has 0 bridgehead atoms. The molecule has 0 aromatic carbocycles. The van der Waals surface area contributed by atoms with E-state index in [1.54, 1.807) is 13.0 Å². The van der Waals surface area contributed by atoms with E-state index in [2.05, 4.69) is 5.32 Å². The number of alkyl halides is 2. The average molecular weight is 246 g/mol. The van der Waals surface area contributed by atoms with E-state index in [9.17, 15) is 13.6 Å². The van der Waals surface area contributed by atoms with Gasteiger partial charge < -0.3 is 15.0 Å². The Bertz CT molecular complexity index is 366. The van der Waals surface area contributed by atoms with Crippen LogP contribution in [0.2, 0.25) is 0 Å². The molecule has 1 atom stereocenters. The lowest BCUT2D eigenvalue weighted by Crippen LogP contribution is -2.31. The standard InChI is InChI=1S/C11H16F2N2O2/c1-8(7-16)5-14-11(17)9-3-2-4-15(9)6-10(12)13/h2-4,8,10,16H,5-7H2,1H3,(H,14,17). The zero-order chi connectivity index (χ0) is 12.8. The zero-order valence-electron chi connectivity index (χ0n) is 9.57. The predicted octanol–water partition coefficient (Wildman–Crippen LogP) is 1.11. The molecule has 0 radical (unpaired) electrons. The molecule has 17 heavy (non-hydrogen) atoms. The van der Waals surface area contributed by atoms with Crippen LogP contribution in [-0.2, 0) is 6.54 Å². The fraction of sp³-hybridized carbons (Fsp3) is 0.545. The largest absolute Gasteiger partial charge is 0.396 e. The van der Waals surface area contributed by atoms with Crippen LogP contribution in [0.3, 0.4) is 0 Å². The van der Waals surface area contributed by atoms with Crippen LogP contribution in [0.4, 0.5) is 8.78 Å². The molecule has 96 valence electrons. The SMILES string of the molecule is CC(CO)CNC(=O)c1cccn1CC(F)F. The van der Waals surface area contributed by atoms with Gasteiger partial charge in [0.25, 0.3) is 12.3 Å². The van der Waals surface area contributed by atoms with Crippen LogP contribution in [-0.4, -0.2) is 35.2 Å². The molecule has 1 unspecified atom stereocenters. The highest BCUT2D eigenvalue weighted by molar-refractivity contribution is 5.92. The molecule has 0 fully saturated rings. The molecule has 2 N–H and O–H groups in total. The highest BCUT2D eigenvalue weighted by Crippen LogP contribution is 2.06. The summed E-state index contributed by atoms with van der Waals surface area (Å²) in [4.78, 5) is 11.7. The third-order valence-corrected chi connectivity index (χ3v) is 2.32. The number of aliphatic hydroxyl groups excluding tert-OH is 1. The van der Waals surface area contributed by atoms with Gasteiger partial charge in [-0.1, -0.05) is 6.92 Å². The number of nitrogens with zero attached hydrogens (tertiary/aromatic N) is 1. The van der Waals surface area contributed by atoms with Gasteiger partial charge in [0.2, 0.25) is 0 Å². The summed E-state index contributed by atoms with van der Waals surface area (Å²) < 4.78 is 25.7. The third kappa shape index (κ3) is 4.14. The first-order valence-corrected chi connectivity index (χ1v) is 5.37. The van der Waals surface area contributed by atoms with Crippen LogP contribution in [0.15, 0.2) is 18.3 Å². The molecule has 1 rings (SSSR count). The Labute approximate surface area is 98.2 Å². The van der Waals surface area contributed by atoms with Gasteiger partial charge >= 0.3 is 0 Å². The van der Waals surface area contributed by atoms with E-state index in [4.69, 9.17) is 5.11 Å². The second-order valence-electron chi connectivity index (χ2n) is 3.93. The number of nitrogens with one attached hydrogen (secondary N) is 1. The fourth-order valence-electron chi connectivity index (χ4n) is 1.35. The van der Waals surface area contributed by atoms with Gasteiger partial charge in [-0.15, -0.1) is 0 Å². The maximum Gasteiger partial charge on any atom is 0.267 e. The van der Waals surface area contributed by atoms with E-state index in [1.807, 2.05) is 0 Å². The first-order chi connectivity index (χ1) is 8.04. The highest BCUT2D eigenvalue weighted by Gasteiger charge is 2.14. The summed E-state index contributed by atoms with van der Waals surface area (Å²) in [6.45, 7) is 1.57. The molecule has 0 saturated heterocycles. The second-order valence-corrected chi connectivity index (χ2v) is 3.93. The number of carbonyl (C=O) groups is 1. The maximum absolute atomic E-state index is 12.2. The van der Waals surface area contributed by atoms with Crippen molar-refractivity contribution in [3.05, 3.63) is 24.0 Å². The molecule has 1 heterocycles. The highest BCUT2D eigenvalue weighted by atomic mass is 19.3. The minimum absolute atomic E-state index is 0.0294. The van der Waals surface area contributed by atoms with Crippen LogP contribution in [0, 0.1) is 5.92 Å². The van der Waals surface area contributed by atoms with Gasteiger partial charge in [-0.05, 0) is 18.1 Å². The topological polar surface area (TPSA) is 54.3 Å². The molecule has 1 aromatic heterocycles. The Morgan fingerprint density at radius 1 is 1.59 bits per heavy atom. The lowest BCUT2D eigenvalue weighted by atomic mass is 10.2. The van der Waals surface area contributed by atoms with Gasteiger partial charge in [0.1, 0.15) is 5.69 Å². The van der Waals surface area contributed by atoms with Crippen LogP contribution < -0.4 is 5.32 Å². The van der Waals surface area contributed by atoms with Crippen molar-refractivity contribution in [3.63, 3.8) is 0 Å².